The number of benzene rings is 1. The van der Waals surface area contributed by atoms with E-state index in [-0.39, 0.29) is 41.6 Å². The van der Waals surface area contributed by atoms with Gasteiger partial charge in [0.1, 0.15) is 5.02 Å². The Hall–Kier alpha value is -1.86. The fourth-order valence-electron chi connectivity index (χ4n) is 4.48. The van der Waals surface area contributed by atoms with Crippen molar-refractivity contribution in [2.75, 3.05) is 6.61 Å². The monoisotopic (exact) mass is 494 g/mol. The van der Waals surface area contributed by atoms with Crippen molar-refractivity contribution in [1.82, 2.24) is 5.01 Å². The Morgan fingerprint density at radius 3 is 2.47 bits per heavy atom. The number of nitrogens with zero attached hydrogens (tertiary/aromatic N) is 2. The summed E-state index contributed by atoms with van der Waals surface area (Å²) in [6.07, 6.45) is 7.27. The summed E-state index contributed by atoms with van der Waals surface area (Å²) in [5, 5.41) is 5.62. The van der Waals surface area contributed by atoms with Gasteiger partial charge in [-0.1, -0.05) is 30.7 Å². The second kappa shape index (κ2) is 8.35. The molecule has 2 aliphatic carbocycles. The molecule has 1 aliphatic heterocycles. The Kier molecular flexibility index (Phi) is 5.95. The lowest BCUT2D eigenvalue weighted by atomic mass is 9.85. The predicted octanol–water partition coefficient (Wildman–Crippen LogP) is 4.82. The van der Waals surface area contributed by atoms with Gasteiger partial charge >= 0.3 is 0 Å². The van der Waals surface area contributed by atoms with Crippen LogP contribution in [0.4, 0.5) is 0 Å². The lowest BCUT2D eigenvalue weighted by Gasteiger charge is -2.19. The number of halogens is 2. The largest absolute Gasteiger partial charge is 0.490 e. The van der Waals surface area contributed by atoms with Gasteiger partial charge in [0.15, 0.2) is 11.5 Å². The summed E-state index contributed by atoms with van der Waals surface area (Å²) in [6, 6.07) is 1.75. The van der Waals surface area contributed by atoms with Crippen LogP contribution in [0.2, 0.25) is 5.02 Å². The number of hydrogen-bond acceptors (Lipinski definition) is 5. The zero-order chi connectivity index (χ0) is 21.6. The number of rotatable bonds is 7. The lowest BCUT2D eigenvalue weighted by molar-refractivity contribution is -0.140. The van der Waals surface area contributed by atoms with Crippen LogP contribution >= 0.6 is 27.5 Å². The van der Waals surface area contributed by atoms with Crippen molar-refractivity contribution >= 4 is 45.6 Å². The highest BCUT2D eigenvalue weighted by Crippen LogP contribution is 2.52. The van der Waals surface area contributed by atoms with Crippen LogP contribution in [-0.4, -0.2) is 35.7 Å². The average Bonchev–Trinajstić information content (AvgIpc) is 3.41. The topological polar surface area (TPSA) is 68.2 Å². The van der Waals surface area contributed by atoms with Gasteiger partial charge in [0, 0.05) is 10.0 Å². The van der Waals surface area contributed by atoms with Gasteiger partial charge in [0.05, 0.1) is 30.8 Å². The maximum Gasteiger partial charge on any atom is 0.254 e. The molecule has 160 valence electrons. The molecular formula is C22H24BrClN2O4. The Balaban J connectivity index is 1.62. The minimum absolute atomic E-state index is 0.0312. The summed E-state index contributed by atoms with van der Waals surface area (Å²) in [5.74, 6) is 0.264. The number of allylic oxidation sites excluding steroid dienone is 2. The van der Waals surface area contributed by atoms with Crippen LogP contribution in [-0.2, 0) is 9.59 Å². The predicted molar refractivity (Wildman–Crippen MR) is 118 cm³/mol. The van der Waals surface area contributed by atoms with Crippen LogP contribution < -0.4 is 9.47 Å². The molecule has 1 saturated carbocycles. The van der Waals surface area contributed by atoms with E-state index in [1.54, 1.807) is 6.07 Å². The molecule has 3 aliphatic rings. The van der Waals surface area contributed by atoms with Crippen LogP contribution in [0, 0.1) is 23.7 Å². The SMILES string of the molecule is CCOc1cc(C=NN2C(=O)C3C4C=CC(C4)C3C2=O)c(Br)c(Cl)c1OC(C)CC. The smallest absolute Gasteiger partial charge is 0.254 e. The summed E-state index contributed by atoms with van der Waals surface area (Å²) < 4.78 is 12.2. The molecule has 0 spiro atoms. The first-order valence-electron chi connectivity index (χ1n) is 10.3. The number of amides is 2. The van der Waals surface area contributed by atoms with E-state index in [1.165, 1.54) is 6.21 Å². The first-order chi connectivity index (χ1) is 14.4. The van der Waals surface area contributed by atoms with E-state index in [4.69, 9.17) is 21.1 Å². The van der Waals surface area contributed by atoms with Crippen molar-refractivity contribution in [2.45, 2.75) is 39.7 Å². The lowest BCUT2D eigenvalue weighted by Crippen LogP contribution is -2.28. The molecule has 30 heavy (non-hydrogen) atoms. The first kappa shape index (κ1) is 21.4. The molecule has 0 N–H and O–H groups in total. The zero-order valence-corrected chi connectivity index (χ0v) is 19.4. The van der Waals surface area contributed by atoms with E-state index >= 15 is 0 Å². The number of ether oxygens (including phenoxy) is 2. The standard InChI is InChI=1S/C22H24BrClN2O4/c1-4-11(3)30-20-15(29-5-2)9-14(18(23)19(20)24)10-25-26-21(27)16-12-6-7-13(8-12)17(16)22(26)28/h6-7,9-13,16-17H,4-5,8H2,1-3H3. The Bertz CT molecular complexity index is 918. The van der Waals surface area contributed by atoms with Crippen LogP contribution in [0.3, 0.4) is 0 Å². The van der Waals surface area contributed by atoms with Crippen LogP contribution in [0.15, 0.2) is 27.8 Å². The Labute approximate surface area is 189 Å². The molecule has 5 atom stereocenters. The average molecular weight is 496 g/mol. The molecule has 1 heterocycles. The fourth-order valence-corrected chi connectivity index (χ4v) is 5.12. The van der Waals surface area contributed by atoms with Crippen molar-refractivity contribution in [2.24, 2.45) is 28.8 Å². The molecule has 2 fully saturated rings. The molecule has 2 bridgehead atoms. The van der Waals surface area contributed by atoms with Crippen LogP contribution in [0.25, 0.3) is 0 Å². The number of hydrogen-bond donors (Lipinski definition) is 0. The molecule has 8 heteroatoms. The maximum absolute atomic E-state index is 12.8. The molecule has 1 aromatic rings. The van der Waals surface area contributed by atoms with Gasteiger partial charge in [-0.05, 0) is 60.5 Å². The van der Waals surface area contributed by atoms with Crippen molar-refractivity contribution in [3.63, 3.8) is 0 Å². The number of carbonyl (C=O) groups excluding carboxylic acids is 2. The number of carbonyl (C=O) groups is 2. The van der Waals surface area contributed by atoms with E-state index in [0.717, 1.165) is 17.9 Å². The van der Waals surface area contributed by atoms with Gasteiger partial charge in [-0.25, -0.2) is 0 Å². The molecule has 1 saturated heterocycles. The quantitative estimate of drug-likeness (QED) is 0.309. The highest BCUT2D eigenvalue weighted by Gasteiger charge is 2.59. The van der Waals surface area contributed by atoms with Gasteiger partial charge in [0.2, 0.25) is 0 Å². The van der Waals surface area contributed by atoms with Crippen LogP contribution in [0.5, 0.6) is 11.5 Å². The normalized spacial score (nSPS) is 28.0. The molecule has 0 radical (unpaired) electrons. The van der Waals surface area contributed by atoms with E-state index < -0.39 is 0 Å². The number of hydrazone groups is 1. The van der Waals surface area contributed by atoms with Crippen molar-refractivity contribution < 1.29 is 19.1 Å². The summed E-state index contributed by atoms with van der Waals surface area (Å²) >= 11 is 10.0. The van der Waals surface area contributed by atoms with Gasteiger partial charge < -0.3 is 9.47 Å². The Morgan fingerprint density at radius 2 is 1.90 bits per heavy atom. The third kappa shape index (κ3) is 3.46. The van der Waals surface area contributed by atoms with E-state index in [2.05, 4.69) is 33.2 Å². The van der Waals surface area contributed by atoms with E-state index in [0.29, 0.717) is 33.2 Å². The van der Waals surface area contributed by atoms with E-state index in [1.807, 2.05) is 20.8 Å². The van der Waals surface area contributed by atoms with E-state index in [9.17, 15) is 9.59 Å². The van der Waals surface area contributed by atoms with Crippen molar-refractivity contribution in [3.8, 4) is 11.5 Å². The third-order valence-electron chi connectivity index (χ3n) is 6.11. The molecule has 4 rings (SSSR count). The van der Waals surface area contributed by atoms with Gasteiger partial charge in [-0.3, -0.25) is 9.59 Å². The van der Waals surface area contributed by atoms with Crippen molar-refractivity contribution in [3.05, 3.63) is 33.3 Å². The second-order valence-corrected chi connectivity index (χ2v) is 9.09. The molecule has 2 amide bonds. The molecule has 1 aromatic carbocycles. The maximum atomic E-state index is 12.8. The first-order valence-corrected chi connectivity index (χ1v) is 11.5. The molecule has 6 nitrogen and oxygen atoms in total. The highest BCUT2D eigenvalue weighted by atomic mass is 79.9. The van der Waals surface area contributed by atoms with Gasteiger partial charge in [-0.15, -0.1) is 0 Å². The molecule has 0 aromatic heterocycles. The molecule has 5 unspecified atom stereocenters. The van der Waals surface area contributed by atoms with Gasteiger partial charge in [0.25, 0.3) is 11.8 Å². The highest BCUT2D eigenvalue weighted by molar-refractivity contribution is 9.10. The summed E-state index contributed by atoms with van der Waals surface area (Å²) in [4.78, 5) is 25.6. The van der Waals surface area contributed by atoms with Crippen LogP contribution in [0.1, 0.15) is 39.2 Å². The number of imide groups is 1. The Morgan fingerprint density at radius 1 is 1.27 bits per heavy atom. The summed E-state index contributed by atoms with van der Waals surface area (Å²) in [6.45, 7) is 6.29. The molecular weight excluding hydrogens is 472 g/mol. The summed E-state index contributed by atoms with van der Waals surface area (Å²) in [5.41, 5.74) is 0.596. The minimum atomic E-state index is -0.276. The number of fused-ring (bicyclic) bond motifs is 5. The van der Waals surface area contributed by atoms with Gasteiger partial charge in [-0.2, -0.15) is 10.1 Å². The van der Waals surface area contributed by atoms with Crippen molar-refractivity contribution in [1.29, 1.82) is 0 Å². The zero-order valence-electron chi connectivity index (χ0n) is 17.1. The summed E-state index contributed by atoms with van der Waals surface area (Å²) in [7, 11) is 0. The fraction of sp³-hybridized carbons (Fsp3) is 0.500. The minimum Gasteiger partial charge on any atom is -0.490 e. The third-order valence-corrected chi connectivity index (χ3v) is 7.55. The second-order valence-electron chi connectivity index (χ2n) is 7.92.